The standard InChI is InChI=1S/C16H16ClN3O3S/c17-14-6-8-15(9-7-14)24(22,23)19-11-10-16(21)20-18-12-13-4-2-1-3-5-13/h1-9,12,19H,10-11H2,(H,20,21). The number of hydrogen-bond donors (Lipinski definition) is 2. The lowest BCUT2D eigenvalue weighted by Crippen LogP contribution is -2.29. The number of carbonyl (C=O) groups is 1. The Labute approximate surface area is 145 Å². The molecule has 2 rings (SSSR count). The highest BCUT2D eigenvalue weighted by molar-refractivity contribution is 7.89. The number of halogens is 1. The van der Waals surface area contributed by atoms with E-state index in [1.54, 1.807) is 0 Å². The maximum Gasteiger partial charge on any atom is 0.241 e. The number of hydrazone groups is 1. The van der Waals surface area contributed by atoms with Crippen molar-refractivity contribution in [3.8, 4) is 0 Å². The summed E-state index contributed by atoms with van der Waals surface area (Å²) in [4.78, 5) is 11.7. The Kier molecular flexibility index (Phi) is 6.48. The molecular weight excluding hydrogens is 350 g/mol. The van der Waals surface area contributed by atoms with Gasteiger partial charge in [-0.05, 0) is 29.8 Å². The van der Waals surface area contributed by atoms with Crippen molar-refractivity contribution in [3.05, 3.63) is 65.2 Å². The Morgan fingerprint density at radius 3 is 2.42 bits per heavy atom. The fourth-order valence-electron chi connectivity index (χ4n) is 1.77. The molecule has 0 radical (unpaired) electrons. The summed E-state index contributed by atoms with van der Waals surface area (Å²) in [6.07, 6.45) is 1.48. The number of sulfonamides is 1. The van der Waals surface area contributed by atoms with Crippen LogP contribution >= 0.6 is 11.6 Å². The van der Waals surface area contributed by atoms with Gasteiger partial charge >= 0.3 is 0 Å². The molecule has 1 amide bonds. The van der Waals surface area contributed by atoms with E-state index < -0.39 is 10.0 Å². The van der Waals surface area contributed by atoms with Gasteiger partial charge < -0.3 is 0 Å². The summed E-state index contributed by atoms with van der Waals surface area (Å²) >= 11 is 5.72. The van der Waals surface area contributed by atoms with Gasteiger partial charge in [-0.25, -0.2) is 18.6 Å². The van der Waals surface area contributed by atoms with Crippen molar-refractivity contribution in [2.75, 3.05) is 6.54 Å². The first-order valence-electron chi connectivity index (χ1n) is 7.09. The minimum Gasteiger partial charge on any atom is -0.273 e. The molecule has 0 unspecified atom stereocenters. The van der Waals surface area contributed by atoms with Crippen LogP contribution in [0, 0.1) is 0 Å². The quantitative estimate of drug-likeness (QED) is 0.582. The van der Waals surface area contributed by atoms with E-state index in [0.29, 0.717) is 5.02 Å². The van der Waals surface area contributed by atoms with Crippen LogP contribution in [0.25, 0.3) is 0 Å². The van der Waals surface area contributed by atoms with Crippen molar-refractivity contribution in [1.82, 2.24) is 10.1 Å². The highest BCUT2D eigenvalue weighted by atomic mass is 35.5. The van der Waals surface area contributed by atoms with Crippen molar-refractivity contribution < 1.29 is 13.2 Å². The molecule has 0 aromatic heterocycles. The Balaban J connectivity index is 1.78. The third-order valence-electron chi connectivity index (χ3n) is 2.97. The lowest BCUT2D eigenvalue weighted by Gasteiger charge is -2.06. The number of carbonyl (C=O) groups excluding carboxylic acids is 1. The molecule has 0 bridgehead atoms. The van der Waals surface area contributed by atoms with Crippen molar-refractivity contribution in [1.29, 1.82) is 0 Å². The smallest absolute Gasteiger partial charge is 0.241 e. The number of rotatable bonds is 7. The van der Waals surface area contributed by atoms with Crippen LogP contribution in [0.5, 0.6) is 0 Å². The number of hydrogen-bond acceptors (Lipinski definition) is 4. The summed E-state index contributed by atoms with van der Waals surface area (Å²) in [6, 6.07) is 15.0. The van der Waals surface area contributed by atoms with E-state index in [1.807, 2.05) is 30.3 Å². The average molecular weight is 366 g/mol. The van der Waals surface area contributed by atoms with E-state index in [0.717, 1.165) is 5.56 Å². The van der Waals surface area contributed by atoms with Crippen molar-refractivity contribution in [2.45, 2.75) is 11.3 Å². The Morgan fingerprint density at radius 1 is 1.08 bits per heavy atom. The topological polar surface area (TPSA) is 87.6 Å². The van der Waals surface area contributed by atoms with Gasteiger partial charge in [0.25, 0.3) is 0 Å². The van der Waals surface area contributed by atoms with E-state index >= 15 is 0 Å². The minimum absolute atomic E-state index is 0.0288. The Hall–Kier alpha value is -2.22. The highest BCUT2D eigenvalue weighted by Gasteiger charge is 2.13. The van der Waals surface area contributed by atoms with Crippen LogP contribution in [-0.4, -0.2) is 27.1 Å². The maximum absolute atomic E-state index is 12.0. The molecule has 0 atom stereocenters. The van der Waals surface area contributed by atoms with E-state index in [2.05, 4.69) is 15.2 Å². The summed E-state index contributed by atoms with van der Waals surface area (Å²) < 4.78 is 26.4. The molecule has 0 heterocycles. The fourth-order valence-corrected chi connectivity index (χ4v) is 2.93. The van der Waals surface area contributed by atoms with Gasteiger partial charge in [-0.3, -0.25) is 4.79 Å². The predicted octanol–water partition coefficient (Wildman–Crippen LogP) is 2.16. The largest absolute Gasteiger partial charge is 0.273 e. The highest BCUT2D eigenvalue weighted by Crippen LogP contribution is 2.13. The van der Waals surface area contributed by atoms with Crippen LogP contribution in [0.2, 0.25) is 5.02 Å². The minimum atomic E-state index is -3.66. The van der Waals surface area contributed by atoms with E-state index in [4.69, 9.17) is 11.6 Å². The number of nitrogens with one attached hydrogen (secondary N) is 2. The molecule has 0 saturated carbocycles. The monoisotopic (exact) mass is 365 g/mol. The van der Waals surface area contributed by atoms with Crippen LogP contribution in [0.4, 0.5) is 0 Å². The molecule has 2 aromatic rings. The second kappa shape index (κ2) is 8.58. The molecule has 8 heteroatoms. The van der Waals surface area contributed by atoms with Crippen molar-refractivity contribution >= 4 is 33.7 Å². The van der Waals surface area contributed by atoms with Gasteiger partial charge in [-0.1, -0.05) is 41.9 Å². The third kappa shape index (κ3) is 5.77. The van der Waals surface area contributed by atoms with Crippen LogP contribution in [0.1, 0.15) is 12.0 Å². The number of amides is 1. The molecule has 0 aliphatic carbocycles. The van der Waals surface area contributed by atoms with Crippen LogP contribution in [0.3, 0.4) is 0 Å². The lowest BCUT2D eigenvalue weighted by molar-refractivity contribution is -0.120. The van der Waals surface area contributed by atoms with E-state index in [9.17, 15) is 13.2 Å². The van der Waals surface area contributed by atoms with Crippen LogP contribution in [-0.2, 0) is 14.8 Å². The SMILES string of the molecule is O=C(CCNS(=O)(=O)c1ccc(Cl)cc1)NN=Cc1ccccc1. The third-order valence-corrected chi connectivity index (χ3v) is 4.70. The zero-order valence-corrected chi connectivity index (χ0v) is 14.2. The molecule has 24 heavy (non-hydrogen) atoms. The molecule has 0 aliphatic heterocycles. The molecule has 6 nitrogen and oxygen atoms in total. The molecule has 0 saturated heterocycles. The summed E-state index contributed by atoms with van der Waals surface area (Å²) in [5.41, 5.74) is 3.19. The normalized spacial score (nSPS) is 11.5. The maximum atomic E-state index is 12.0. The van der Waals surface area contributed by atoms with E-state index in [1.165, 1.54) is 30.5 Å². The number of benzene rings is 2. The summed E-state index contributed by atoms with van der Waals surface area (Å²) in [7, 11) is -3.66. The Morgan fingerprint density at radius 2 is 1.75 bits per heavy atom. The van der Waals surface area contributed by atoms with Crippen molar-refractivity contribution in [2.24, 2.45) is 5.10 Å². The fraction of sp³-hybridized carbons (Fsp3) is 0.125. The van der Waals surface area contributed by atoms with Crippen LogP contribution in [0.15, 0.2) is 64.6 Å². The predicted molar refractivity (Wildman–Crippen MR) is 93.4 cm³/mol. The molecule has 2 aromatic carbocycles. The molecule has 0 fully saturated rings. The van der Waals surface area contributed by atoms with Gasteiger partial charge in [0.15, 0.2) is 0 Å². The number of nitrogens with zero attached hydrogens (tertiary/aromatic N) is 1. The molecular formula is C16H16ClN3O3S. The molecule has 0 spiro atoms. The second-order valence-electron chi connectivity index (χ2n) is 4.81. The summed E-state index contributed by atoms with van der Waals surface area (Å²) in [6.45, 7) is -0.0301. The zero-order chi connectivity index (χ0) is 17.4. The molecule has 2 N–H and O–H groups in total. The summed E-state index contributed by atoms with van der Waals surface area (Å²) in [5.74, 6) is -0.388. The van der Waals surface area contributed by atoms with Gasteiger partial charge in [0, 0.05) is 18.0 Å². The first-order valence-corrected chi connectivity index (χ1v) is 8.96. The van der Waals surface area contributed by atoms with Gasteiger partial charge in [-0.15, -0.1) is 0 Å². The van der Waals surface area contributed by atoms with E-state index in [-0.39, 0.29) is 23.8 Å². The lowest BCUT2D eigenvalue weighted by atomic mass is 10.2. The van der Waals surface area contributed by atoms with Gasteiger partial charge in [0.1, 0.15) is 0 Å². The van der Waals surface area contributed by atoms with Gasteiger partial charge in [0.05, 0.1) is 11.1 Å². The Bertz CT molecular complexity index is 806. The molecule has 126 valence electrons. The first kappa shape index (κ1) is 18.1. The second-order valence-corrected chi connectivity index (χ2v) is 7.01. The van der Waals surface area contributed by atoms with Gasteiger partial charge in [0.2, 0.25) is 15.9 Å². The first-order chi connectivity index (χ1) is 11.5. The summed E-state index contributed by atoms with van der Waals surface area (Å²) in [5, 5.41) is 4.26. The van der Waals surface area contributed by atoms with Gasteiger partial charge in [-0.2, -0.15) is 5.10 Å². The molecule has 0 aliphatic rings. The van der Waals surface area contributed by atoms with Crippen LogP contribution < -0.4 is 10.1 Å². The van der Waals surface area contributed by atoms with Crippen molar-refractivity contribution in [3.63, 3.8) is 0 Å². The average Bonchev–Trinajstić information content (AvgIpc) is 2.56. The zero-order valence-electron chi connectivity index (χ0n) is 12.6.